The number of nitrogens with two attached hydrogens (primary N) is 3. The van der Waals surface area contributed by atoms with Crippen LogP contribution in [0.25, 0.3) is 17.2 Å². The van der Waals surface area contributed by atoms with Crippen LogP contribution >= 0.6 is 0 Å². The Balaban J connectivity index is 0.000000155. The van der Waals surface area contributed by atoms with Crippen LogP contribution in [-0.4, -0.2) is 116 Å². The number of nitrogens with one attached hydrogen (secondary N) is 3. The molecule has 414 valence electrons. The number of para-hydroxylation sites is 2. The summed E-state index contributed by atoms with van der Waals surface area (Å²) in [6.07, 6.45) is 10.9. The van der Waals surface area contributed by atoms with Crippen molar-refractivity contribution in [3.8, 4) is 18.0 Å². The van der Waals surface area contributed by atoms with Crippen LogP contribution in [0.2, 0.25) is 0 Å². The minimum absolute atomic E-state index is 0.121. The van der Waals surface area contributed by atoms with Gasteiger partial charge in [0.25, 0.3) is 5.95 Å². The third kappa shape index (κ3) is 14.6. The zero-order valence-corrected chi connectivity index (χ0v) is 46.2. The van der Waals surface area contributed by atoms with E-state index in [2.05, 4.69) is 110 Å². The molecule has 2 aliphatic rings. The first-order chi connectivity index (χ1) is 38.4. The topological polar surface area (TPSA) is 256 Å². The highest BCUT2D eigenvalue weighted by Gasteiger charge is 2.24. The first kappa shape index (κ1) is 55.4. The average molecular weight is 1070 g/mol. The molecule has 5 aromatic heterocycles. The molecule has 2 fully saturated rings. The molecule has 79 heavy (non-hydrogen) atoms. The molecule has 0 amide bonds. The number of rotatable bonds is 17. The van der Waals surface area contributed by atoms with Crippen LogP contribution < -0.4 is 42.6 Å². The standard InChI is InChI=1S/C28H36N8O.C16H22N8O.C14H17N3/c1-19(2)24-18-32-36-26(24)33-28(37-23-12-14-35(3)15-13-23)34-27(36)31-17-21-6-4-5-7-25(21)30-16-20-8-10-22(29)11-9-20;1-11(2)13-8-18-24-14(13)20-15(21-16(24)23-10-17-9-19-23)25-12-4-6-22(3)7-5-12;15-9-12-3-1-2-4-14(12)17-10-11-5-7-13(16)8-6-11/h4-11,18-19,23,30H,12-17,29H2,1-3H3,(H,31,33,34);8-12H,4-7H2,1-3H3;1-8,17H,9-10,15-16H2. The van der Waals surface area contributed by atoms with Gasteiger partial charge in [-0.1, -0.05) is 88.4 Å². The second-order valence-corrected chi connectivity index (χ2v) is 20.8. The van der Waals surface area contributed by atoms with E-state index in [0.717, 1.165) is 115 Å². The number of anilines is 5. The molecule has 21 nitrogen and oxygen atoms in total. The van der Waals surface area contributed by atoms with Gasteiger partial charge in [-0.25, -0.2) is 4.98 Å². The molecule has 0 bridgehead atoms. The number of fused-ring (bicyclic) bond motifs is 2. The van der Waals surface area contributed by atoms with Crippen molar-refractivity contribution in [3.05, 3.63) is 155 Å². The molecule has 11 rings (SSSR count). The van der Waals surface area contributed by atoms with Crippen molar-refractivity contribution in [1.29, 1.82) is 0 Å². The first-order valence-corrected chi connectivity index (χ1v) is 27.2. The monoisotopic (exact) mass is 1070 g/mol. The van der Waals surface area contributed by atoms with E-state index in [0.29, 0.717) is 49.5 Å². The maximum atomic E-state index is 6.28. The van der Waals surface area contributed by atoms with Crippen LogP contribution in [0.4, 0.5) is 28.7 Å². The second-order valence-electron chi connectivity index (χ2n) is 20.8. The van der Waals surface area contributed by atoms with Gasteiger partial charge in [0.05, 0.1) is 12.4 Å². The van der Waals surface area contributed by atoms with Crippen molar-refractivity contribution in [1.82, 2.24) is 63.7 Å². The lowest BCUT2D eigenvalue weighted by molar-refractivity contribution is 0.105. The van der Waals surface area contributed by atoms with E-state index >= 15 is 0 Å². The largest absolute Gasteiger partial charge is 0.460 e. The fourth-order valence-electron chi connectivity index (χ4n) is 9.29. The molecular weight excluding hydrogens is 995 g/mol. The molecule has 21 heteroatoms. The molecule has 0 unspecified atom stereocenters. The fourth-order valence-corrected chi connectivity index (χ4v) is 9.29. The lowest BCUT2D eigenvalue weighted by Gasteiger charge is -2.28. The normalized spacial score (nSPS) is 14.4. The maximum Gasteiger partial charge on any atom is 0.322 e. The predicted molar refractivity (Wildman–Crippen MR) is 311 cm³/mol. The third-order valence-electron chi connectivity index (χ3n) is 14.1. The Morgan fingerprint density at radius 2 is 1.04 bits per heavy atom. The Labute approximate surface area is 462 Å². The van der Waals surface area contributed by atoms with Crippen LogP contribution in [0, 0.1) is 0 Å². The lowest BCUT2D eigenvalue weighted by atomic mass is 10.1. The van der Waals surface area contributed by atoms with Crippen molar-refractivity contribution in [3.63, 3.8) is 0 Å². The molecule has 4 aromatic carbocycles. The van der Waals surface area contributed by atoms with E-state index in [-0.39, 0.29) is 18.1 Å². The lowest BCUT2D eigenvalue weighted by Crippen LogP contribution is -2.36. The first-order valence-electron chi connectivity index (χ1n) is 27.2. The summed E-state index contributed by atoms with van der Waals surface area (Å²) >= 11 is 0. The van der Waals surface area contributed by atoms with Crippen LogP contribution in [-0.2, 0) is 26.2 Å². The van der Waals surface area contributed by atoms with Gasteiger partial charge in [-0.05, 0) is 110 Å². The minimum Gasteiger partial charge on any atom is -0.460 e. The molecular formula is C58H75N19O2. The number of nitrogens with zero attached hydrogens (tertiary/aromatic N) is 13. The van der Waals surface area contributed by atoms with Crippen molar-refractivity contribution >= 4 is 40.0 Å². The molecule has 9 N–H and O–H groups in total. The van der Waals surface area contributed by atoms with Gasteiger partial charge in [0.15, 0.2) is 11.3 Å². The second kappa shape index (κ2) is 26.3. The van der Waals surface area contributed by atoms with E-state index in [4.69, 9.17) is 36.6 Å². The van der Waals surface area contributed by atoms with Gasteiger partial charge < -0.3 is 52.4 Å². The summed E-state index contributed by atoms with van der Waals surface area (Å²) in [4.78, 5) is 27.3. The number of likely N-dealkylation sites (tertiary alicyclic amines) is 2. The summed E-state index contributed by atoms with van der Waals surface area (Å²) < 4.78 is 17.4. The molecule has 0 spiro atoms. The van der Waals surface area contributed by atoms with Crippen molar-refractivity contribution in [2.45, 2.75) is 104 Å². The number of nitrogen functional groups attached to an aromatic ring is 2. The maximum absolute atomic E-state index is 6.28. The highest BCUT2D eigenvalue weighted by Crippen LogP contribution is 2.27. The summed E-state index contributed by atoms with van der Waals surface area (Å²) in [6, 6.07) is 32.9. The van der Waals surface area contributed by atoms with Crippen LogP contribution in [0.5, 0.6) is 12.0 Å². The molecule has 0 atom stereocenters. The highest BCUT2D eigenvalue weighted by atomic mass is 16.5. The Morgan fingerprint density at radius 1 is 0.557 bits per heavy atom. The van der Waals surface area contributed by atoms with Gasteiger partial charge in [0, 0.05) is 86.2 Å². The molecule has 7 heterocycles. The number of benzene rings is 4. The third-order valence-corrected chi connectivity index (χ3v) is 14.1. The SMILES string of the molecule is CC(C)c1cnn2c(-n3cncn3)nc(OC3CCN(C)CC3)nc12.CC(C)c1cnn2c(NCc3ccccc3NCc3ccc(N)cc3)nc(OC3CCN(C)CC3)nc12.NCc1ccccc1NCc1ccc(N)cc1. The van der Waals surface area contributed by atoms with E-state index in [1.807, 2.05) is 97.3 Å². The zero-order chi connectivity index (χ0) is 55.3. The Morgan fingerprint density at radius 3 is 1.54 bits per heavy atom. The molecule has 0 radical (unpaired) electrons. The fraction of sp³-hybridized carbons (Fsp3) is 0.379. The Bertz CT molecular complexity index is 3330. The summed E-state index contributed by atoms with van der Waals surface area (Å²) in [5.74, 6) is 1.73. The summed E-state index contributed by atoms with van der Waals surface area (Å²) in [5.41, 5.74) is 29.1. The predicted octanol–water partition coefficient (Wildman–Crippen LogP) is 8.17. The van der Waals surface area contributed by atoms with Crippen LogP contribution in [0.15, 0.2) is 122 Å². The van der Waals surface area contributed by atoms with Crippen molar-refractivity contribution in [2.24, 2.45) is 5.73 Å². The Hall–Kier alpha value is -8.40. The number of hydrogen-bond acceptors (Lipinski definition) is 18. The highest BCUT2D eigenvalue weighted by molar-refractivity contribution is 5.56. The van der Waals surface area contributed by atoms with Crippen LogP contribution in [0.1, 0.15) is 98.6 Å². The van der Waals surface area contributed by atoms with Gasteiger partial charge in [0.2, 0.25) is 5.95 Å². The van der Waals surface area contributed by atoms with E-state index < -0.39 is 0 Å². The zero-order valence-electron chi connectivity index (χ0n) is 46.2. The van der Waals surface area contributed by atoms with E-state index in [1.54, 1.807) is 20.0 Å². The van der Waals surface area contributed by atoms with Crippen molar-refractivity contribution < 1.29 is 9.47 Å². The molecule has 0 aliphatic carbocycles. The number of ether oxygens (including phenoxy) is 2. The minimum atomic E-state index is 0.121. The summed E-state index contributed by atoms with van der Waals surface area (Å²) in [5, 5.41) is 23.6. The molecule has 2 saturated heterocycles. The number of aromatic nitrogens is 11. The molecule has 9 aromatic rings. The van der Waals surface area contributed by atoms with Gasteiger partial charge in [-0.2, -0.15) is 48.9 Å². The molecule has 2 aliphatic heterocycles. The summed E-state index contributed by atoms with van der Waals surface area (Å²) in [7, 11) is 4.27. The van der Waals surface area contributed by atoms with Crippen molar-refractivity contribution in [2.75, 3.05) is 67.7 Å². The smallest absolute Gasteiger partial charge is 0.322 e. The van der Waals surface area contributed by atoms with E-state index in [1.165, 1.54) is 17.5 Å². The van der Waals surface area contributed by atoms with Gasteiger partial charge in [-0.15, -0.1) is 0 Å². The molecule has 0 saturated carbocycles. The van der Waals surface area contributed by atoms with Gasteiger partial charge in [0.1, 0.15) is 24.9 Å². The van der Waals surface area contributed by atoms with Crippen LogP contribution in [0.3, 0.4) is 0 Å². The number of hydrogen-bond donors (Lipinski definition) is 6. The average Bonchev–Trinajstić information content (AvgIpc) is 4.39. The quantitative estimate of drug-likeness (QED) is 0.0470. The van der Waals surface area contributed by atoms with Gasteiger partial charge in [-0.3, -0.25) is 0 Å². The van der Waals surface area contributed by atoms with Gasteiger partial charge >= 0.3 is 12.0 Å². The summed E-state index contributed by atoms with van der Waals surface area (Å²) in [6.45, 7) is 15.2. The Kier molecular flexibility index (Phi) is 18.4. The number of piperidine rings is 2. The van der Waals surface area contributed by atoms with E-state index in [9.17, 15) is 0 Å².